The smallest absolute Gasteiger partial charge is 0.245 e. The third-order valence-corrected chi connectivity index (χ3v) is 6.88. The number of piperazine rings is 1. The van der Waals surface area contributed by atoms with E-state index in [-0.39, 0.29) is 30.7 Å². The van der Waals surface area contributed by atoms with E-state index in [2.05, 4.69) is 0 Å². The summed E-state index contributed by atoms with van der Waals surface area (Å²) in [7, 11) is -3.73. The highest BCUT2D eigenvalue weighted by Crippen LogP contribution is 2.36. The summed E-state index contributed by atoms with van der Waals surface area (Å²) in [4.78, 5) is 14.7. The first-order chi connectivity index (χ1) is 12.9. The van der Waals surface area contributed by atoms with Gasteiger partial charge in [0.15, 0.2) is 11.5 Å². The number of ether oxygens (including phenoxy) is 2. The quantitative estimate of drug-likeness (QED) is 0.805. The molecule has 0 radical (unpaired) electrons. The van der Waals surface area contributed by atoms with E-state index in [1.54, 1.807) is 54.3 Å². The van der Waals surface area contributed by atoms with Gasteiger partial charge in [-0.25, -0.2) is 8.42 Å². The standard InChI is InChI=1S/C19H20N2O5S/c1-13-3-6-16(7-4-13)27(23,24)21-10-9-20(19(22)14(21)2)15-5-8-17-18(11-15)26-12-25-17/h3-8,11,14H,9-10,12H2,1-2H3/t14-/m1/s1. The van der Waals surface area contributed by atoms with Crippen molar-refractivity contribution in [1.82, 2.24) is 4.31 Å². The topological polar surface area (TPSA) is 76.2 Å². The second kappa shape index (κ2) is 6.54. The molecule has 1 saturated heterocycles. The van der Waals surface area contributed by atoms with Crippen LogP contribution in [0, 0.1) is 6.92 Å². The molecule has 1 fully saturated rings. The molecule has 2 aliphatic rings. The van der Waals surface area contributed by atoms with Gasteiger partial charge in [0.2, 0.25) is 22.7 Å². The van der Waals surface area contributed by atoms with Crippen LogP contribution in [-0.4, -0.2) is 44.6 Å². The lowest BCUT2D eigenvalue weighted by molar-refractivity contribution is -0.123. The molecule has 0 saturated carbocycles. The summed E-state index contributed by atoms with van der Waals surface area (Å²) in [6, 6.07) is 11.1. The van der Waals surface area contributed by atoms with Crippen LogP contribution >= 0.6 is 0 Å². The van der Waals surface area contributed by atoms with Crippen LogP contribution < -0.4 is 14.4 Å². The van der Waals surface area contributed by atoms with E-state index in [0.29, 0.717) is 17.2 Å². The molecule has 27 heavy (non-hydrogen) atoms. The van der Waals surface area contributed by atoms with Crippen molar-refractivity contribution < 1.29 is 22.7 Å². The Morgan fingerprint density at radius 2 is 1.70 bits per heavy atom. The van der Waals surface area contributed by atoms with Crippen LogP contribution in [0.5, 0.6) is 11.5 Å². The molecule has 2 aromatic rings. The molecule has 0 spiro atoms. The minimum absolute atomic E-state index is 0.158. The van der Waals surface area contributed by atoms with Crippen molar-refractivity contribution in [3.05, 3.63) is 48.0 Å². The fourth-order valence-corrected chi connectivity index (χ4v) is 4.91. The minimum atomic E-state index is -3.73. The van der Waals surface area contributed by atoms with Gasteiger partial charge in [-0.05, 0) is 38.1 Å². The summed E-state index contributed by atoms with van der Waals surface area (Å²) in [5.41, 5.74) is 1.65. The van der Waals surface area contributed by atoms with Crippen LogP contribution in [0.15, 0.2) is 47.4 Å². The molecule has 0 aliphatic carbocycles. The van der Waals surface area contributed by atoms with E-state index in [0.717, 1.165) is 5.56 Å². The van der Waals surface area contributed by atoms with Crippen molar-refractivity contribution in [3.63, 3.8) is 0 Å². The molecule has 8 heteroatoms. The molecule has 0 aromatic heterocycles. The average Bonchev–Trinajstić information content (AvgIpc) is 3.12. The van der Waals surface area contributed by atoms with E-state index in [1.165, 1.54) is 4.31 Å². The van der Waals surface area contributed by atoms with Gasteiger partial charge in [-0.3, -0.25) is 4.79 Å². The van der Waals surface area contributed by atoms with Gasteiger partial charge >= 0.3 is 0 Å². The number of fused-ring (bicyclic) bond motifs is 1. The number of sulfonamides is 1. The first-order valence-corrected chi connectivity index (χ1v) is 10.1. The maximum atomic E-state index is 13.0. The predicted molar refractivity (Wildman–Crippen MR) is 99.5 cm³/mol. The molecule has 0 unspecified atom stereocenters. The number of hydrogen-bond acceptors (Lipinski definition) is 5. The Morgan fingerprint density at radius 3 is 2.44 bits per heavy atom. The summed E-state index contributed by atoms with van der Waals surface area (Å²) >= 11 is 0. The zero-order chi connectivity index (χ0) is 19.2. The summed E-state index contributed by atoms with van der Waals surface area (Å²) in [6.45, 7) is 4.16. The highest BCUT2D eigenvalue weighted by atomic mass is 32.2. The lowest BCUT2D eigenvalue weighted by Gasteiger charge is -2.38. The monoisotopic (exact) mass is 388 g/mol. The zero-order valence-corrected chi connectivity index (χ0v) is 15.9. The van der Waals surface area contributed by atoms with Crippen LogP contribution in [0.3, 0.4) is 0 Å². The van der Waals surface area contributed by atoms with Crippen molar-refractivity contribution in [1.29, 1.82) is 0 Å². The third-order valence-electron chi connectivity index (χ3n) is 4.89. The molecule has 4 rings (SSSR count). The van der Waals surface area contributed by atoms with Crippen molar-refractivity contribution in [2.75, 3.05) is 24.8 Å². The van der Waals surface area contributed by atoms with Crippen LogP contribution in [0.25, 0.3) is 0 Å². The van der Waals surface area contributed by atoms with Crippen molar-refractivity contribution in [2.24, 2.45) is 0 Å². The van der Waals surface area contributed by atoms with Gasteiger partial charge < -0.3 is 14.4 Å². The molecule has 0 N–H and O–H groups in total. The first-order valence-electron chi connectivity index (χ1n) is 8.67. The first kappa shape index (κ1) is 17.8. The predicted octanol–water partition coefficient (Wildman–Crippen LogP) is 2.15. The van der Waals surface area contributed by atoms with Gasteiger partial charge in [-0.15, -0.1) is 0 Å². The van der Waals surface area contributed by atoms with E-state index < -0.39 is 16.1 Å². The Kier molecular flexibility index (Phi) is 4.32. The lowest BCUT2D eigenvalue weighted by Crippen LogP contribution is -2.57. The highest BCUT2D eigenvalue weighted by Gasteiger charge is 2.39. The molecule has 7 nitrogen and oxygen atoms in total. The van der Waals surface area contributed by atoms with Crippen molar-refractivity contribution in [2.45, 2.75) is 24.8 Å². The molecular weight excluding hydrogens is 368 g/mol. The number of carbonyl (C=O) groups is 1. The zero-order valence-electron chi connectivity index (χ0n) is 15.1. The van der Waals surface area contributed by atoms with Crippen LogP contribution in [0.4, 0.5) is 5.69 Å². The van der Waals surface area contributed by atoms with E-state index in [4.69, 9.17) is 9.47 Å². The number of carbonyl (C=O) groups excluding carboxylic acids is 1. The summed E-state index contributed by atoms with van der Waals surface area (Å²) in [6.07, 6.45) is 0. The number of aryl methyl sites for hydroxylation is 1. The number of benzene rings is 2. The van der Waals surface area contributed by atoms with Gasteiger partial charge in [0.25, 0.3) is 0 Å². The Balaban J connectivity index is 1.59. The molecule has 1 amide bonds. The molecule has 0 bridgehead atoms. The van der Waals surface area contributed by atoms with Crippen LogP contribution in [0.1, 0.15) is 12.5 Å². The fourth-order valence-electron chi connectivity index (χ4n) is 3.33. The summed E-state index contributed by atoms with van der Waals surface area (Å²) in [5.74, 6) is 0.957. The second-order valence-electron chi connectivity index (χ2n) is 6.63. The van der Waals surface area contributed by atoms with E-state index in [1.807, 2.05) is 6.92 Å². The Hall–Kier alpha value is -2.58. The van der Waals surface area contributed by atoms with Gasteiger partial charge in [-0.1, -0.05) is 17.7 Å². The Morgan fingerprint density at radius 1 is 1.00 bits per heavy atom. The largest absolute Gasteiger partial charge is 0.454 e. The number of nitrogens with zero attached hydrogens (tertiary/aromatic N) is 2. The number of anilines is 1. The summed E-state index contributed by atoms with van der Waals surface area (Å²) in [5, 5.41) is 0. The normalized spacial score (nSPS) is 20.1. The molecule has 2 aliphatic heterocycles. The van der Waals surface area contributed by atoms with E-state index in [9.17, 15) is 13.2 Å². The molecule has 2 heterocycles. The van der Waals surface area contributed by atoms with Gasteiger partial charge in [0.1, 0.15) is 6.04 Å². The molecule has 1 atom stereocenters. The Labute approximate surface area is 158 Å². The average molecular weight is 388 g/mol. The van der Waals surface area contributed by atoms with E-state index >= 15 is 0 Å². The Bertz CT molecular complexity index is 988. The third kappa shape index (κ3) is 3.04. The molecule has 2 aromatic carbocycles. The van der Waals surface area contributed by atoms with Crippen LogP contribution in [-0.2, 0) is 14.8 Å². The minimum Gasteiger partial charge on any atom is -0.454 e. The van der Waals surface area contributed by atoms with Crippen molar-refractivity contribution in [3.8, 4) is 11.5 Å². The highest BCUT2D eigenvalue weighted by molar-refractivity contribution is 7.89. The summed E-state index contributed by atoms with van der Waals surface area (Å²) < 4.78 is 37.9. The van der Waals surface area contributed by atoms with Gasteiger partial charge in [0, 0.05) is 24.8 Å². The number of amides is 1. The maximum Gasteiger partial charge on any atom is 0.245 e. The number of hydrogen-bond donors (Lipinski definition) is 0. The SMILES string of the molecule is Cc1ccc(S(=O)(=O)N2CCN(c3ccc4c(c3)OCO4)C(=O)[C@H]2C)cc1. The second-order valence-corrected chi connectivity index (χ2v) is 8.52. The lowest BCUT2D eigenvalue weighted by atomic mass is 10.2. The fraction of sp³-hybridized carbons (Fsp3) is 0.316. The van der Waals surface area contributed by atoms with Crippen LogP contribution in [0.2, 0.25) is 0 Å². The van der Waals surface area contributed by atoms with Crippen molar-refractivity contribution >= 4 is 21.6 Å². The van der Waals surface area contributed by atoms with Gasteiger partial charge in [0.05, 0.1) is 4.90 Å². The maximum absolute atomic E-state index is 13.0. The molecular formula is C19H20N2O5S. The molecule has 142 valence electrons. The van der Waals surface area contributed by atoms with Gasteiger partial charge in [-0.2, -0.15) is 4.31 Å². The number of rotatable bonds is 3.